The number of carbonyl (C=O) groups excluding carboxylic acids is 1. The van der Waals surface area contributed by atoms with E-state index >= 15 is 0 Å². The van der Waals surface area contributed by atoms with Crippen molar-refractivity contribution in [2.45, 2.75) is 6.92 Å². The van der Waals surface area contributed by atoms with Crippen molar-refractivity contribution < 1.29 is 14.7 Å². The molecule has 96 valence electrons. The van der Waals surface area contributed by atoms with Crippen molar-refractivity contribution in [1.82, 2.24) is 9.97 Å². The highest BCUT2D eigenvalue weighted by Gasteiger charge is 2.20. The number of aromatic carboxylic acids is 1. The van der Waals surface area contributed by atoms with E-state index in [1.54, 1.807) is 31.2 Å². The Kier molecular flexibility index (Phi) is 3.51. The van der Waals surface area contributed by atoms with E-state index in [2.05, 4.69) is 15.3 Å². The first-order valence-corrected chi connectivity index (χ1v) is 5.51. The molecule has 0 bridgehead atoms. The predicted octanol–water partition coefficient (Wildman–Crippen LogP) is 1.74. The monoisotopic (exact) mass is 257 g/mol. The number of hydrogen-bond acceptors (Lipinski definition) is 4. The van der Waals surface area contributed by atoms with Crippen molar-refractivity contribution in [3.05, 3.63) is 53.6 Å². The molecule has 1 amide bonds. The Labute approximate surface area is 109 Å². The Morgan fingerprint density at radius 2 is 1.84 bits per heavy atom. The second-order valence-corrected chi connectivity index (χ2v) is 3.83. The maximum Gasteiger partial charge on any atom is 0.356 e. The lowest BCUT2D eigenvalue weighted by Crippen LogP contribution is -2.20. The molecule has 2 aromatic rings. The van der Waals surface area contributed by atoms with E-state index in [4.69, 9.17) is 5.11 Å². The molecule has 19 heavy (non-hydrogen) atoms. The average Bonchev–Trinajstić information content (AvgIpc) is 2.39. The number of carbonyl (C=O) groups is 2. The molecule has 0 spiro atoms. The molecule has 0 saturated carbocycles. The minimum absolute atomic E-state index is 0.207. The van der Waals surface area contributed by atoms with Crippen molar-refractivity contribution in [1.29, 1.82) is 0 Å². The number of amides is 1. The summed E-state index contributed by atoms with van der Waals surface area (Å²) in [6.45, 7) is 1.61. The lowest BCUT2D eigenvalue weighted by molar-refractivity contribution is 0.0684. The van der Waals surface area contributed by atoms with Gasteiger partial charge in [0.25, 0.3) is 5.91 Å². The van der Waals surface area contributed by atoms with Crippen LogP contribution in [0.2, 0.25) is 0 Å². The molecule has 0 aliphatic heterocycles. The van der Waals surface area contributed by atoms with Gasteiger partial charge in [0.1, 0.15) is 0 Å². The summed E-state index contributed by atoms with van der Waals surface area (Å²) >= 11 is 0. The third-order valence-electron chi connectivity index (χ3n) is 2.34. The lowest BCUT2D eigenvalue weighted by atomic mass is 10.2. The number of carboxylic acid groups (broad SMARTS) is 1. The normalized spacial score (nSPS) is 9.95. The first kappa shape index (κ1) is 12.7. The number of para-hydroxylation sites is 1. The van der Waals surface area contributed by atoms with Gasteiger partial charge in [-0.05, 0) is 19.1 Å². The van der Waals surface area contributed by atoms with Crippen LogP contribution in [0.1, 0.15) is 26.7 Å². The fourth-order valence-electron chi connectivity index (χ4n) is 1.50. The van der Waals surface area contributed by atoms with E-state index in [0.29, 0.717) is 11.4 Å². The molecule has 0 aliphatic carbocycles. The summed E-state index contributed by atoms with van der Waals surface area (Å²) in [6.07, 6.45) is 1.35. The van der Waals surface area contributed by atoms with E-state index in [-0.39, 0.29) is 11.4 Å². The minimum atomic E-state index is -1.28. The van der Waals surface area contributed by atoms with Crippen LogP contribution >= 0.6 is 0 Å². The van der Waals surface area contributed by atoms with Crippen molar-refractivity contribution in [3.8, 4) is 0 Å². The largest absolute Gasteiger partial charge is 0.476 e. The van der Waals surface area contributed by atoms with Gasteiger partial charge in [-0.15, -0.1) is 0 Å². The summed E-state index contributed by atoms with van der Waals surface area (Å²) in [5, 5.41) is 11.6. The van der Waals surface area contributed by atoms with Crippen LogP contribution in [0.3, 0.4) is 0 Å². The van der Waals surface area contributed by atoms with Gasteiger partial charge in [-0.25, -0.2) is 14.8 Å². The highest BCUT2D eigenvalue weighted by Crippen LogP contribution is 2.10. The Hall–Kier alpha value is -2.76. The molecule has 1 heterocycles. The van der Waals surface area contributed by atoms with Crippen LogP contribution in [0, 0.1) is 6.92 Å². The van der Waals surface area contributed by atoms with E-state index in [0.717, 1.165) is 0 Å². The summed E-state index contributed by atoms with van der Waals surface area (Å²) in [6, 6.07) is 8.72. The zero-order valence-corrected chi connectivity index (χ0v) is 10.1. The fourth-order valence-corrected chi connectivity index (χ4v) is 1.50. The number of hydrogen-bond donors (Lipinski definition) is 2. The van der Waals surface area contributed by atoms with Crippen LogP contribution < -0.4 is 5.32 Å². The number of aryl methyl sites for hydroxylation is 1. The Balaban J connectivity index is 2.31. The summed E-state index contributed by atoms with van der Waals surface area (Å²) in [4.78, 5) is 30.7. The van der Waals surface area contributed by atoms with Crippen LogP contribution in [-0.2, 0) is 0 Å². The second kappa shape index (κ2) is 5.26. The zero-order valence-electron chi connectivity index (χ0n) is 10.1. The summed E-state index contributed by atoms with van der Waals surface area (Å²) in [5.74, 6) is -1.88. The zero-order chi connectivity index (χ0) is 13.8. The van der Waals surface area contributed by atoms with Gasteiger partial charge < -0.3 is 10.4 Å². The molecule has 0 radical (unpaired) electrons. The molecule has 1 aromatic heterocycles. The van der Waals surface area contributed by atoms with Crippen molar-refractivity contribution >= 4 is 17.6 Å². The molecule has 6 heteroatoms. The molecule has 0 unspecified atom stereocenters. The van der Waals surface area contributed by atoms with Crippen LogP contribution in [-0.4, -0.2) is 27.0 Å². The van der Waals surface area contributed by atoms with Gasteiger partial charge in [0.2, 0.25) is 0 Å². The van der Waals surface area contributed by atoms with Crippen molar-refractivity contribution in [2.24, 2.45) is 0 Å². The Morgan fingerprint density at radius 3 is 2.47 bits per heavy atom. The molecule has 0 atom stereocenters. The minimum Gasteiger partial charge on any atom is -0.476 e. The van der Waals surface area contributed by atoms with E-state index in [1.165, 1.54) is 6.20 Å². The third kappa shape index (κ3) is 2.92. The summed E-state index contributed by atoms with van der Waals surface area (Å²) in [5.41, 5.74) is 0.440. The van der Waals surface area contributed by atoms with Gasteiger partial charge in [0.15, 0.2) is 11.4 Å². The van der Waals surface area contributed by atoms with E-state index in [9.17, 15) is 9.59 Å². The molecule has 0 fully saturated rings. The van der Waals surface area contributed by atoms with Gasteiger partial charge in [-0.1, -0.05) is 18.2 Å². The van der Waals surface area contributed by atoms with Crippen LogP contribution in [0.4, 0.5) is 5.69 Å². The SMILES string of the molecule is Cc1cnc(C(=O)Nc2ccccc2)c(C(=O)O)n1. The highest BCUT2D eigenvalue weighted by molar-refractivity contribution is 6.08. The molecular weight excluding hydrogens is 246 g/mol. The van der Waals surface area contributed by atoms with Crippen LogP contribution in [0.25, 0.3) is 0 Å². The van der Waals surface area contributed by atoms with Crippen molar-refractivity contribution in [3.63, 3.8) is 0 Å². The molecule has 1 aromatic carbocycles. The van der Waals surface area contributed by atoms with E-state index in [1.807, 2.05) is 6.07 Å². The topological polar surface area (TPSA) is 92.2 Å². The number of nitrogens with one attached hydrogen (secondary N) is 1. The molecule has 2 N–H and O–H groups in total. The Morgan fingerprint density at radius 1 is 1.16 bits per heavy atom. The smallest absolute Gasteiger partial charge is 0.356 e. The highest BCUT2D eigenvalue weighted by atomic mass is 16.4. The predicted molar refractivity (Wildman–Crippen MR) is 68.1 cm³/mol. The number of carboxylic acids is 1. The summed E-state index contributed by atoms with van der Waals surface area (Å²) in [7, 11) is 0. The average molecular weight is 257 g/mol. The van der Waals surface area contributed by atoms with Crippen molar-refractivity contribution in [2.75, 3.05) is 5.32 Å². The molecule has 0 aliphatic rings. The number of aromatic nitrogens is 2. The number of benzene rings is 1. The maximum absolute atomic E-state index is 12.0. The van der Waals surface area contributed by atoms with Gasteiger partial charge >= 0.3 is 5.97 Å². The summed E-state index contributed by atoms with van der Waals surface area (Å²) < 4.78 is 0. The molecule has 6 nitrogen and oxygen atoms in total. The first-order valence-electron chi connectivity index (χ1n) is 5.51. The molecule has 0 saturated heterocycles. The standard InChI is InChI=1S/C13H11N3O3/c1-8-7-14-10(11(15-8)13(18)19)12(17)16-9-5-3-2-4-6-9/h2-7H,1H3,(H,16,17)(H,18,19). The third-order valence-corrected chi connectivity index (χ3v) is 2.34. The van der Waals surface area contributed by atoms with Gasteiger partial charge in [-0.2, -0.15) is 0 Å². The maximum atomic E-state index is 12.0. The number of anilines is 1. The van der Waals surface area contributed by atoms with Gasteiger partial charge in [0, 0.05) is 11.9 Å². The second-order valence-electron chi connectivity index (χ2n) is 3.83. The Bertz CT molecular complexity index is 626. The first-order chi connectivity index (χ1) is 9.08. The lowest BCUT2D eigenvalue weighted by Gasteiger charge is -2.06. The van der Waals surface area contributed by atoms with Gasteiger partial charge in [0.05, 0.1) is 5.69 Å². The van der Waals surface area contributed by atoms with E-state index < -0.39 is 11.9 Å². The molecular formula is C13H11N3O3. The number of nitrogens with zero attached hydrogens (tertiary/aromatic N) is 2. The number of rotatable bonds is 3. The van der Waals surface area contributed by atoms with Gasteiger partial charge in [-0.3, -0.25) is 4.79 Å². The van der Waals surface area contributed by atoms with Crippen LogP contribution in [0.5, 0.6) is 0 Å². The molecule has 2 rings (SSSR count). The van der Waals surface area contributed by atoms with Crippen LogP contribution in [0.15, 0.2) is 36.5 Å². The quantitative estimate of drug-likeness (QED) is 0.873. The fraction of sp³-hybridized carbons (Fsp3) is 0.0769.